The Bertz CT molecular complexity index is 510. The lowest BCUT2D eigenvalue weighted by molar-refractivity contribution is 0.0697. The lowest BCUT2D eigenvalue weighted by atomic mass is 10.1. The van der Waals surface area contributed by atoms with Crippen LogP contribution in [0.15, 0.2) is 30.3 Å². The fourth-order valence-corrected chi connectivity index (χ4v) is 1.39. The van der Waals surface area contributed by atoms with Crippen LogP contribution in [0.1, 0.15) is 10.4 Å². The van der Waals surface area contributed by atoms with Gasteiger partial charge in [0, 0.05) is 5.39 Å². The van der Waals surface area contributed by atoms with Crippen LogP contribution in [-0.4, -0.2) is 16.1 Å². The van der Waals surface area contributed by atoms with E-state index in [1.165, 1.54) is 6.07 Å². The zero-order chi connectivity index (χ0) is 10.1. The summed E-state index contributed by atoms with van der Waals surface area (Å²) < 4.78 is 0. The minimum absolute atomic E-state index is 0.252. The summed E-state index contributed by atoms with van der Waals surface area (Å²) in [5.74, 6) is -0.943. The predicted octanol–water partition coefficient (Wildman–Crippen LogP) is 2.59. The van der Waals surface area contributed by atoms with Gasteiger partial charge >= 0.3 is 5.97 Å². The van der Waals surface area contributed by atoms with Gasteiger partial charge in [-0.05, 0) is 30.3 Å². The van der Waals surface area contributed by atoms with Crippen molar-refractivity contribution in [1.82, 2.24) is 4.98 Å². The molecule has 0 saturated carbocycles. The summed E-state index contributed by atoms with van der Waals surface area (Å²) in [6.45, 7) is 0. The van der Waals surface area contributed by atoms with E-state index in [0.29, 0.717) is 10.7 Å². The zero-order valence-electron chi connectivity index (χ0n) is 7.07. The van der Waals surface area contributed by atoms with E-state index in [4.69, 9.17) is 16.7 Å². The monoisotopic (exact) mass is 207 g/mol. The summed E-state index contributed by atoms with van der Waals surface area (Å²) in [6, 6.07) is 8.10. The van der Waals surface area contributed by atoms with Gasteiger partial charge in [0.25, 0.3) is 0 Å². The van der Waals surface area contributed by atoms with Crippen molar-refractivity contribution in [3.63, 3.8) is 0 Å². The Morgan fingerprint density at radius 2 is 2.07 bits per heavy atom. The van der Waals surface area contributed by atoms with Gasteiger partial charge in [-0.1, -0.05) is 11.6 Å². The lowest BCUT2D eigenvalue weighted by Crippen LogP contribution is -1.95. The van der Waals surface area contributed by atoms with Crippen molar-refractivity contribution in [2.45, 2.75) is 0 Å². The molecule has 1 N–H and O–H groups in total. The second kappa shape index (κ2) is 3.27. The number of aromatic nitrogens is 1. The van der Waals surface area contributed by atoms with Crippen LogP contribution in [0.5, 0.6) is 0 Å². The Morgan fingerprint density at radius 1 is 1.29 bits per heavy atom. The number of fused-ring (bicyclic) bond motifs is 1. The summed E-state index contributed by atoms with van der Waals surface area (Å²) in [6.07, 6.45) is 0. The molecule has 70 valence electrons. The van der Waals surface area contributed by atoms with Gasteiger partial charge in [0.2, 0.25) is 0 Å². The minimum atomic E-state index is -0.943. The van der Waals surface area contributed by atoms with Crippen LogP contribution in [0.4, 0.5) is 0 Å². The normalized spacial score (nSPS) is 10.4. The fourth-order valence-electron chi connectivity index (χ4n) is 1.23. The van der Waals surface area contributed by atoms with Gasteiger partial charge in [-0.15, -0.1) is 0 Å². The first-order valence-electron chi connectivity index (χ1n) is 3.96. The number of carbonyl (C=O) groups is 1. The van der Waals surface area contributed by atoms with Gasteiger partial charge in [0.05, 0.1) is 11.1 Å². The summed E-state index contributed by atoms with van der Waals surface area (Å²) in [5.41, 5.74) is 0.948. The quantitative estimate of drug-likeness (QED) is 0.732. The Kier molecular flexibility index (Phi) is 2.09. The van der Waals surface area contributed by atoms with E-state index in [2.05, 4.69) is 4.98 Å². The molecule has 0 amide bonds. The highest BCUT2D eigenvalue weighted by Crippen LogP contribution is 2.16. The molecule has 4 heteroatoms. The molecule has 0 saturated heterocycles. The molecule has 14 heavy (non-hydrogen) atoms. The number of hydrogen-bond donors (Lipinski definition) is 1. The van der Waals surface area contributed by atoms with Gasteiger partial charge in [-0.3, -0.25) is 0 Å². The van der Waals surface area contributed by atoms with Gasteiger partial charge < -0.3 is 5.11 Å². The maximum absolute atomic E-state index is 10.7. The molecule has 3 nitrogen and oxygen atoms in total. The van der Waals surface area contributed by atoms with E-state index >= 15 is 0 Å². The van der Waals surface area contributed by atoms with Crippen molar-refractivity contribution in [3.8, 4) is 0 Å². The van der Waals surface area contributed by atoms with Crippen LogP contribution < -0.4 is 0 Å². The minimum Gasteiger partial charge on any atom is -0.478 e. The average Bonchev–Trinajstić information content (AvgIpc) is 2.16. The van der Waals surface area contributed by atoms with E-state index in [-0.39, 0.29) is 5.56 Å². The Balaban J connectivity index is 2.67. The molecule has 0 aliphatic carbocycles. The first-order valence-corrected chi connectivity index (χ1v) is 4.34. The zero-order valence-corrected chi connectivity index (χ0v) is 7.82. The predicted molar refractivity (Wildman–Crippen MR) is 53.7 cm³/mol. The van der Waals surface area contributed by atoms with Crippen molar-refractivity contribution < 1.29 is 9.90 Å². The average molecular weight is 208 g/mol. The molecular weight excluding hydrogens is 202 g/mol. The number of rotatable bonds is 1. The third kappa shape index (κ3) is 1.54. The van der Waals surface area contributed by atoms with Crippen molar-refractivity contribution in [1.29, 1.82) is 0 Å². The standard InChI is InChI=1S/C10H6ClNO2/c11-9-4-2-6-5-7(10(13)14)1-3-8(6)12-9/h1-5H,(H,13,14). The third-order valence-corrected chi connectivity index (χ3v) is 2.11. The molecule has 2 aromatic rings. The number of carboxylic acids is 1. The van der Waals surface area contributed by atoms with Crippen LogP contribution in [0.25, 0.3) is 10.9 Å². The van der Waals surface area contributed by atoms with E-state index < -0.39 is 5.97 Å². The molecular formula is C10H6ClNO2. The second-order valence-corrected chi connectivity index (χ2v) is 3.23. The van der Waals surface area contributed by atoms with E-state index in [0.717, 1.165) is 5.39 Å². The summed E-state index contributed by atoms with van der Waals surface area (Å²) in [7, 11) is 0. The van der Waals surface area contributed by atoms with Crippen molar-refractivity contribution in [2.24, 2.45) is 0 Å². The number of benzene rings is 1. The van der Waals surface area contributed by atoms with Gasteiger partial charge in [-0.25, -0.2) is 9.78 Å². The molecule has 1 aromatic heterocycles. The molecule has 0 spiro atoms. The molecule has 1 heterocycles. The Labute approximate surface area is 85.0 Å². The first kappa shape index (κ1) is 8.97. The molecule has 0 bridgehead atoms. The summed E-state index contributed by atoms with van der Waals surface area (Å²) in [5, 5.41) is 9.93. The number of carboxylic acid groups (broad SMARTS) is 1. The highest BCUT2D eigenvalue weighted by Gasteiger charge is 2.03. The number of aromatic carboxylic acids is 1. The molecule has 0 atom stereocenters. The molecule has 0 aliphatic heterocycles. The number of pyridine rings is 1. The van der Waals surface area contributed by atoms with Crippen LogP contribution in [-0.2, 0) is 0 Å². The third-order valence-electron chi connectivity index (χ3n) is 1.90. The Hall–Kier alpha value is -1.61. The maximum atomic E-state index is 10.7. The summed E-state index contributed by atoms with van der Waals surface area (Å²) >= 11 is 5.69. The number of nitrogens with zero attached hydrogens (tertiary/aromatic N) is 1. The Morgan fingerprint density at radius 3 is 2.79 bits per heavy atom. The number of halogens is 1. The molecule has 0 aliphatic rings. The number of hydrogen-bond acceptors (Lipinski definition) is 2. The van der Waals surface area contributed by atoms with E-state index in [9.17, 15) is 4.79 Å². The highest BCUT2D eigenvalue weighted by atomic mass is 35.5. The van der Waals surface area contributed by atoms with Crippen LogP contribution >= 0.6 is 11.6 Å². The van der Waals surface area contributed by atoms with Crippen LogP contribution in [0.3, 0.4) is 0 Å². The van der Waals surface area contributed by atoms with Crippen molar-refractivity contribution >= 4 is 28.5 Å². The largest absolute Gasteiger partial charge is 0.478 e. The van der Waals surface area contributed by atoms with E-state index in [1.807, 2.05) is 0 Å². The molecule has 2 rings (SSSR count). The fraction of sp³-hybridized carbons (Fsp3) is 0. The van der Waals surface area contributed by atoms with Gasteiger partial charge in [-0.2, -0.15) is 0 Å². The van der Waals surface area contributed by atoms with Crippen molar-refractivity contribution in [2.75, 3.05) is 0 Å². The maximum Gasteiger partial charge on any atom is 0.335 e. The van der Waals surface area contributed by atoms with Gasteiger partial charge in [0.15, 0.2) is 0 Å². The lowest BCUT2D eigenvalue weighted by Gasteiger charge is -1.99. The first-order chi connectivity index (χ1) is 6.66. The molecule has 1 aromatic carbocycles. The topological polar surface area (TPSA) is 50.2 Å². The van der Waals surface area contributed by atoms with E-state index in [1.54, 1.807) is 24.3 Å². The van der Waals surface area contributed by atoms with Crippen molar-refractivity contribution in [3.05, 3.63) is 41.0 Å². The smallest absolute Gasteiger partial charge is 0.335 e. The summed E-state index contributed by atoms with van der Waals surface area (Å²) in [4.78, 5) is 14.7. The highest BCUT2D eigenvalue weighted by molar-refractivity contribution is 6.29. The van der Waals surface area contributed by atoms with Crippen LogP contribution in [0, 0.1) is 0 Å². The molecule has 0 radical (unpaired) electrons. The van der Waals surface area contributed by atoms with Gasteiger partial charge in [0.1, 0.15) is 5.15 Å². The SMILES string of the molecule is O=C(O)c1ccc2nc(Cl)ccc2c1. The molecule has 0 fully saturated rings. The van der Waals surface area contributed by atoms with Crippen LogP contribution in [0.2, 0.25) is 5.15 Å². The molecule has 0 unspecified atom stereocenters. The second-order valence-electron chi connectivity index (χ2n) is 2.85.